The summed E-state index contributed by atoms with van der Waals surface area (Å²) >= 11 is 0. The molecule has 0 atom stereocenters. The minimum Gasteiger partial charge on any atom is -0.507 e. The zero-order valence-corrected chi connectivity index (χ0v) is 22.3. The van der Waals surface area contributed by atoms with E-state index >= 15 is 0 Å². The van der Waals surface area contributed by atoms with Crippen LogP contribution in [0.15, 0.2) is 42.5 Å². The van der Waals surface area contributed by atoms with Crippen molar-refractivity contribution in [1.82, 2.24) is 0 Å². The van der Waals surface area contributed by atoms with Gasteiger partial charge in [-0.3, -0.25) is 4.79 Å². The molecule has 0 bridgehead atoms. The third-order valence-electron chi connectivity index (χ3n) is 6.03. The number of aryl methyl sites for hydroxylation is 1. The highest BCUT2D eigenvalue weighted by Gasteiger charge is 2.19. The molecule has 0 spiro atoms. The van der Waals surface area contributed by atoms with E-state index in [2.05, 4.69) is 74.4 Å². The average Bonchev–Trinajstić information content (AvgIpc) is 2.69. The van der Waals surface area contributed by atoms with Crippen molar-refractivity contribution in [2.75, 3.05) is 0 Å². The van der Waals surface area contributed by atoms with Crippen LogP contribution in [0.5, 0.6) is 0 Å². The Hall–Kier alpha value is -2.35. The highest BCUT2D eigenvalue weighted by atomic mass is 16.3. The fourth-order valence-electron chi connectivity index (χ4n) is 3.95. The summed E-state index contributed by atoms with van der Waals surface area (Å²) in [6, 6.07) is 12.5. The zero-order valence-electron chi connectivity index (χ0n) is 22.3. The summed E-state index contributed by atoms with van der Waals surface area (Å²) in [5, 5.41) is 11.0. The van der Waals surface area contributed by atoms with Crippen molar-refractivity contribution in [3.63, 3.8) is 0 Å². The Morgan fingerprint density at radius 3 is 1.88 bits per heavy atom. The molecule has 0 aliphatic rings. The lowest BCUT2D eigenvalue weighted by Gasteiger charge is -2.22. The molecule has 180 valence electrons. The van der Waals surface area contributed by atoms with Crippen molar-refractivity contribution in [2.24, 2.45) is 5.92 Å². The molecule has 2 rings (SSSR count). The van der Waals surface area contributed by atoms with E-state index in [9.17, 15) is 9.90 Å². The number of carbonyl (C=O) groups is 1. The van der Waals surface area contributed by atoms with Crippen LogP contribution in [0.1, 0.15) is 113 Å². The lowest BCUT2D eigenvalue weighted by molar-refractivity contribution is 0.104. The highest BCUT2D eigenvalue weighted by molar-refractivity contribution is 6.08. The van der Waals surface area contributed by atoms with Crippen molar-refractivity contribution in [1.29, 1.82) is 0 Å². The number of rotatable bonds is 8. The van der Waals surface area contributed by atoms with Gasteiger partial charge in [-0.05, 0) is 82.5 Å². The van der Waals surface area contributed by atoms with Gasteiger partial charge in [0.1, 0.15) is 5.76 Å². The maximum Gasteiger partial charge on any atom is 0.189 e. The predicted molar refractivity (Wildman–Crippen MR) is 142 cm³/mol. The van der Waals surface area contributed by atoms with E-state index in [4.69, 9.17) is 0 Å². The molecule has 0 radical (unpaired) electrons. The Labute approximate surface area is 202 Å². The highest BCUT2D eigenvalue weighted by Crippen LogP contribution is 2.29. The van der Waals surface area contributed by atoms with Gasteiger partial charge in [-0.25, -0.2) is 0 Å². The molecule has 0 aliphatic heterocycles. The molecule has 0 unspecified atom stereocenters. The second-order valence-corrected chi connectivity index (χ2v) is 11.9. The minimum atomic E-state index is -0.150. The molecule has 2 aromatic rings. The van der Waals surface area contributed by atoms with Crippen molar-refractivity contribution >= 4 is 11.5 Å². The Morgan fingerprint density at radius 1 is 0.848 bits per heavy atom. The number of carbonyl (C=O) groups excluding carboxylic acids is 1. The second-order valence-electron chi connectivity index (χ2n) is 11.9. The molecular formula is C31H44O2. The van der Waals surface area contributed by atoms with Crippen LogP contribution in [0.4, 0.5) is 0 Å². The molecular weight excluding hydrogens is 404 g/mol. The normalized spacial score (nSPS) is 13.0. The van der Waals surface area contributed by atoms with Gasteiger partial charge in [0.25, 0.3) is 0 Å². The Morgan fingerprint density at radius 2 is 1.36 bits per heavy atom. The molecule has 0 saturated carbocycles. The van der Waals surface area contributed by atoms with E-state index in [0.717, 1.165) is 31.2 Å². The predicted octanol–water partition coefficient (Wildman–Crippen LogP) is 8.60. The smallest absolute Gasteiger partial charge is 0.189 e. The number of benzene rings is 2. The van der Waals surface area contributed by atoms with Gasteiger partial charge in [-0.15, -0.1) is 0 Å². The Kier molecular flexibility index (Phi) is 8.74. The fraction of sp³-hybridized carbons (Fsp3) is 0.516. The third-order valence-corrected chi connectivity index (χ3v) is 6.03. The van der Waals surface area contributed by atoms with E-state index in [1.807, 2.05) is 24.3 Å². The Bertz CT molecular complexity index is 995. The molecule has 2 aromatic carbocycles. The summed E-state index contributed by atoms with van der Waals surface area (Å²) in [5.41, 5.74) is 5.97. The summed E-state index contributed by atoms with van der Waals surface area (Å²) in [7, 11) is 0. The number of ketones is 1. The largest absolute Gasteiger partial charge is 0.507 e. The van der Waals surface area contributed by atoms with Crippen LogP contribution >= 0.6 is 0 Å². The number of aliphatic hydroxyl groups excluding tert-OH is 1. The van der Waals surface area contributed by atoms with Gasteiger partial charge in [-0.1, -0.05) is 80.9 Å². The minimum absolute atomic E-state index is 0.0346. The summed E-state index contributed by atoms with van der Waals surface area (Å²) in [5.74, 6) is 0.401. The van der Waals surface area contributed by atoms with Crippen LogP contribution in [-0.4, -0.2) is 10.9 Å². The van der Waals surface area contributed by atoms with Crippen LogP contribution in [0.2, 0.25) is 0 Å². The first-order chi connectivity index (χ1) is 15.2. The molecule has 0 heterocycles. The van der Waals surface area contributed by atoms with Crippen molar-refractivity contribution in [2.45, 2.75) is 98.8 Å². The van der Waals surface area contributed by atoms with Crippen molar-refractivity contribution in [3.05, 3.63) is 75.9 Å². The molecule has 0 saturated heterocycles. The van der Waals surface area contributed by atoms with Crippen LogP contribution < -0.4 is 0 Å². The van der Waals surface area contributed by atoms with Gasteiger partial charge in [0.05, 0.1) is 0 Å². The first-order valence-corrected chi connectivity index (χ1v) is 12.4. The number of allylic oxidation sites excluding steroid dienone is 1. The van der Waals surface area contributed by atoms with E-state index in [0.29, 0.717) is 17.0 Å². The first-order valence-electron chi connectivity index (χ1n) is 12.4. The molecule has 0 amide bonds. The third kappa shape index (κ3) is 7.88. The number of aliphatic hydroxyl groups is 1. The van der Waals surface area contributed by atoms with Gasteiger partial charge < -0.3 is 5.11 Å². The molecule has 0 fully saturated rings. The summed E-state index contributed by atoms with van der Waals surface area (Å²) in [6.07, 6.45) is 5.51. The van der Waals surface area contributed by atoms with Crippen LogP contribution in [0, 0.1) is 5.92 Å². The molecule has 33 heavy (non-hydrogen) atoms. The number of unbranched alkanes of at least 4 members (excludes halogenated alkanes) is 1. The van der Waals surface area contributed by atoms with Gasteiger partial charge in [0.15, 0.2) is 5.78 Å². The molecule has 0 aromatic heterocycles. The maximum atomic E-state index is 13.2. The Balaban J connectivity index is 2.49. The van der Waals surface area contributed by atoms with Crippen LogP contribution in [-0.2, 0) is 23.7 Å². The van der Waals surface area contributed by atoms with E-state index < -0.39 is 0 Å². The molecule has 2 nitrogen and oxygen atoms in total. The van der Waals surface area contributed by atoms with E-state index in [1.165, 1.54) is 22.8 Å². The van der Waals surface area contributed by atoms with Crippen LogP contribution in [0.3, 0.4) is 0 Å². The van der Waals surface area contributed by atoms with Crippen molar-refractivity contribution in [3.8, 4) is 0 Å². The number of hydrogen-bond acceptors (Lipinski definition) is 2. The average molecular weight is 449 g/mol. The van der Waals surface area contributed by atoms with Gasteiger partial charge in [-0.2, -0.15) is 0 Å². The van der Waals surface area contributed by atoms with Gasteiger partial charge >= 0.3 is 0 Å². The molecule has 2 heteroatoms. The van der Waals surface area contributed by atoms with Gasteiger partial charge in [0.2, 0.25) is 0 Å². The molecule has 1 N–H and O–H groups in total. The topological polar surface area (TPSA) is 37.3 Å². The first kappa shape index (κ1) is 26.9. The maximum absolute atomic E-state index is 13.2. The lowest BCUT2D eigenvalue weighted by Crippen LogP contribution is -2.13. The standard InChI is InChI=1S/C31H44O2/c1-10-11-12-22-14-24(18-26(16-22)30(4,5)6)28(32)20-29(33)25-15-23(13-21(2)3)17-27(19-25)31(7,8)9/h14-21,33H,10-13H2,1-9H3. The summed E-state index contributed by atoms with van der Waals surface area (Å²) < 4.78 is 0. The van der Waals surface area contributed by atoms with E-state index in [-0.39, 0.29) is 22.4 Å². The second kappa shape index (κ2) is 10.7. The monoisotopic (exact) mass is 448 g/mol. The van der Waals surface area contributed by atoms with Gasteiger partial charge in [0, 0.05) is 17.2 Å². The van der Waals surface area contributed by atoms with E-state index in [1.54, 1.807) is 0 Å². The number of hydrogen-bond donors (Lipinski definition) is 1. The van der Waals surface area contributed by atoms with Crippen LogP contribution in [0.25, 0.3) is 5.76 Å². The molecule has 0 aliphatic carbocycles. The quantitative estimate of drug-likeness (QED) is 0.249. The fourth-order valence-corrected chi connectivity index (χ4v) is 3.95. The van der Waals surface area contributed by atoms with Crippen molar-refractivity contribution < 1.29 is 9.90 Å². The SMILES string of the molecule is CCCCc1cc(C(=O)C=C(O)c2cc(CC(C)C)cc(C(C)(C)C)c2)cc(C(C)(C)C)c1. The zero-order chi connectivity index (χ0) is 25.0. The lowest BCUT2D eigenvalue weighted by atomic mass is 9.83. The summed E-state index contributed by atoms with van der Waals surface area (Å²) in [4.78, 5) is 13.2. The summed E-state index contributed by atoms with van der Waals surface area (Å²) in [6.45, 7) is 19.6.